The predicted octanol–water partition coefficient (Wildman–Crippen LogP) is 4.61. The molecule has 7 nitrogen and oxygen atoms in total. The molecule has 1 aliphatic rings. The van der Waals surface area contributed by atoms with Crippen molar-refractivity contribution in [1.82, 2.24) is 9.66 Å². The quantitative estimate of drug-likeness (QED) is 0.483. The third-order valence-corrected chi connectivity index (χ3v) is 6.24. The lowest BCUT2D eigenvalue weighted by atomic mass is 9.88. The van der Waals surface area contributed by atoms with Gasteiger partial charge in [-0.1, -0.05) is 46.8 Å². The number of amides is 1. The van der Waals surface area contributed by atoms with E-state index in [-0.39, 0.29) is 18.1 Å². The Morgan fingerprint density at radius 2 is 2.03 bits per heavy atom. The Hall–Kier alpha value is -2.71. The Morgan fingerprint density at radius 1 is 1.25 bits per heavy atom. The van der Waals surface area contributed by atoms with E-state index in [2.05, 4.69) is 21.0 Å². The lowest BCUT2D eigenvalue weighted by molar-refractivity contribution is -0.119. The number of halogens is 2. The summed E-state index contributed by atoms with van der Waals surface area (Å²) in [6.07, 6.45) is 6.98. The number of nitrogens with zero attached hydrogens (tertiary/aromatic N) is 3. The number of hydrogen-bond acceptors (Lipinski definition) is 5. The molecule has 3 aromatic rings. The molecule has 0 radical (unpaired) electrons. The standard InChI is InChI=1S/C23H22BrClN4O3/c24-16-7-8-19-17(11-16)23(31)29(22(28-19)15-4-2-1-3-5-15)27-12-14-6-9-20(18(25)10-14)32-13-21(26)30/h6-12,15H,1-5,13H2,(H2,26,30). The SMILES string of the molecule is NC(=O)COc1ccc(C=Nn2c(C3CCCCC3)nc3ccc(Br)cc3c2=O)cc1Cl. The molecule has 1 aromatic heterocycles. The van der Waals surface area contributed by atoms with E-state index in [4.69, 9.17) is 27.1 Å². The predicted molar refractivity (Wildman–Crippen MR) is 129 cm³/mol. The van der Waals surface area contributed by atoms with Crippen LogP contribution in [-0.4, -0.2) is 28.4 Å². The van der Waals surface area contributed by atoms with Crippen LogP contribution in [0, 0.1) is 0 Å². The fourth-order valence-electron chi connectivity index (χ4n) is 3.89. The van der Waals surface area contributed by atoms with Crippen molar-refractivity contribution in [2.45, 2.75) is 38.0 Å². The number of nitrogens with two attached hydrogens (primary N) is 1. The zero-order chi connectivity index (χ0) is 22.7. The van der Waals surface area contributed by atoms with Gasteiger partial charge in [0.05, 0.1) is 22.1 Å². The van der Waals surface area contributed by atoms with Crippen LogP contribution in [0.4, 0.5) is 0 Å². The minimum Gasteiger partial charge on any atom is -0.482 e. The number of ether oxygens (including phenoxy) is 1. The lowest BCUT2D eigenvalue weighted by Gasteiger charge is -2.22. The fraction of sp³-hybridized carbons (Fsp3) is 0.304. The molecule has 0 saturated heterocycles. The van der Waals surface area contributed by atoms with Crippen molar-refractivity contribution in [3.63, 3.8) is 0 Å². The summed E-state index contributed by atoms with van der Waals surface area (Å²) in [5.74, 6) is 0.639. The number of carbonyl (C=O) groups excluding carboxylic acids is 1. The smallest absolute Gasteiger partial charge is 0.282 e. The second-order valence-electron chi connectivity index (χ2n) is 7.77. The highest BCUT2D eigenvalue weighted by atomic mass is 79.9. The third-order valence-electron chi connectivity index (χ3n) is 5.45. The topological polar surface area (TPSA) is 99.6 Å². The molecule has 0 aliphatic heterocycles. The van der Waals surface area contributed by atoms with Gasteiger partial charge in [-0.25, -0.2) is 4.98 Å². The average molecular weight is 518 g/mol. The van der Waals surface area contributed by atoms with Crippen LogP contribution in [0.5, 0.6) is 5.75 Å². The van der Waals surface area contributed by atoms with E-state index in [1.165, 1.54) is 11.1 Å². The summed E-state index contributed by atoms with van der Waals surface area (Å²) < 4.78 is 7.49. The van der Waals surface area contributed by atoms with Gasteiger partial charge in [0.1, 0.15) is 11.6 Å². The zero-order valence-corrected chi connectivity index (χ0v) is 19.6. The Morgan fingerprint density at radius 3 is 2.75 bits per heavy atom. The number of carbonyl (C=O) groups is 1. The number of hydrogen-bond donors (Lipinski definition) is 1. The molecule has 0 bridgehead atoms. The Balaban J connectivity index is 1.73. The van der Waals surface area contributed by atoms with Crippen LogP contribution in [0.3, 0.4) is 0 Å². The van der Waals surface area contributed by atoms with Gasteiger partial charge in [0.2, 0.25) is 0 Å². The molecular formula is C23H22BrClN4O3. The van der Waals surface area contributed by atoms with Gasteiger partial charge < -0.3 is 10.5 Å². The first-order valence-corrected chi connectivity index (χ1v) is 11.6. The number of benzene rings is 2. The highest BCUT2D eigenvalue weighted by Crippen LogP contribution is 2.32. The lowest BCUT2D eigenvalue weighted by Crippen LogP contribution is -2.25. The Labute approximate surface area is 198 Å². The van der Waals surface area contributed by atoms with Gasteiger partial charge in [0, 0.05) is 10.4 Å². The van der Waals surface area contributed by atoms with E-state index in [1.807, 2.05) is 12.1 Å². The summed E-state index contributed by atoms with van der Waals surface area (Å²) in [7, 11) is 0. The van der Waals surface area contributed by atoms with E-state index < -0.39 is 5.91 Å². The number of primary amides is 1. The molecule has 9 heteroatoms. The van der Waals surface area contributed by atoms with Crippen LogP contribution in [-0.2, 0) is 4.79 Å². The molecule has 2 N–H and O–H groups in total. The second kappa shape index (κ2) is 9.83. The van der Waals surface area contributed by atoms with Crippen molar-refractivity contribution in [3.05, 3.63) is 67.6 Å². The molecule has 1 amide bonds. The van der Waals surface area contributed by atoms with Crippen LogP contribution < -0.4 is 16.0 Å². The van der Waals surface area contributed by atoms with Gasteiger partial charge in [0.15, 0.2) is 6.61 Å². The van der Waals surface area contributed by atoms with Crippen molar-refractivity contribution in [2.24, 2.45) is 10.8 Å². The molecule has 2 aromatic carbocycles. The van der Waals surface area contributed by atoms with Crippen molar-refractivity contribution in [2.75, 3.05) is 6.61 Å². The van der Waals surface area contributed by atoms with Gasteiger partial charge in [0.25, 0.3) is 11.5 Å². The summed E-state index contributed by atoms with van der Waals surface area (Å²) in [5.41, 5.74) is 6.24. The molecule has 0 atom stereocenters. The molecule has 1 saturated carbocycles. The van der Waals surface area contributed by atoms with Gasteiger partial charge in [-0.3, -0.25) is 9.59 Å². The number of rotatable bonds is 6. The summed E-state index contributed by atoms with van der Waals surface area (Å²) in [6.45, 7) is -0.258. The van der Waals surface area contributed by atoms with Crippen LogP contribution in [0.2, 0.25) is 5.02 Å². The molecule has 166 valence electrons. The average Bonchev–Trinajstić information content (AvgIpc) is 2.78. The maximum atomic E-state index is 13.3. The molecule has 1 fully saturated rings. The van der Waals surface area contributed by atoms with E-state index in [0.717, 1.165) is 30.2 Å². The fourth-order valence-corrected chi connectivity index (χ4v) is 4.49. The highest BCUT2D eigenvalue weighted by Gasteiger charge is 2.22. The maximum absolute atomic E-state index is 13.3. The summed E-state index contributed by atoms with van der Waals surface area (Å²) >= 11 is 9.68. The van der Waals surface area contributed by atoms with Crippen LogP contribution in [0.25, 0.3) is 10.9 Å². The zero-order valence-electron chi connectivity index (χ0n) is 17.3. The number of fused-ring (bicyclic) bond motifs is 1. The normalized spacial score (nSPS) is 14.8. The molecule has 0 unspecified atom stereocenters. The summed E-state index contributed by atoms with van der Waals surface area (Å²) in [4.78, 5) is 29.1. The molecular weight excluding hydrogens is 496 g/mol. The van der Waals surface area contributed by atoms with Crippen molar-refractivity contribution >= 4 is 50.6 Å². The van der Waals surface area contributed by atoms with E-state index in [9.17, 15) is 9.59 Å². The first kappa shape index (κ1) is 22.5. The van der Waals surface area contributed by atoms with Crippen LogP contribution >= 0.6 is 27.5 Å². The molecule has 4 rings (SSSR count). The van der Waals surface area contributed by atoms with Crippen molar-refractivity contribution in [1.29, 1.82) is 0 Å². The van der Waals surface area contributed by atoms with Crippen molar-refractivity contribution < 1.29 is 9.53 Å². The summed E-state index contributed by atoms with van der Waals surface area (Å²) in [6, 6.07) is 10.5. The molecule has 1 heterocycles. The van der Waals surface area contributed by atoms with Gasteiger partial charge in [-0.2, -0.15) is 9.78 Å². The highest BCUT2D eigenvalue weighted by molar-refractivity contribution is 9.10. The van der Waals surface area contributed by atoms with E-state index in [0.29, 0.717) is 33.1 Å². The third kappa shape index (κ3) is 5.02. The Kier molecular flexibility index (Phi) is 6.91. The second-order valence-corrected chi connectivity index (χ2v) is 9.10. The first-order valence-electron chi connectivity index (χ1n) is 10.4. The monoisotopic (exact) mass is 516 g/mol. The van der Waals surface area contributed by atoms with Gasteiger partial charge in [-0.15, -0.1) is 0 Å². The first-order chi connectivity index (χ1) is 15.4. The number of aromatic nitrogens is 2. The minimum atomic E-state index is -0.586. The van der Waals surface area contributed by atoms with E-state index >= 15 is 0 Å². The molecule has 0 spiro atoms. The van der Waals surface area contributed by atoms with Gasteiger partial charge in [-0.05, 0) is 54.8 Å². The molecule has 32 heavy (non-hydrogen) atoms. The van der Waals surface area contributed by atoms with Crippen LogP contribution in [0.1, 0.15) is 49.4 Å². The molecule has 1 aliphatic carbocycles. The van der Waals surface area contributed by atoms with Gasteiger partial charge >= 0.3 is 0 Å². The van der Waals surface area contributed by atoms with Crippen LogP contribution in [0.15, 0.2) is 50.8 Å². The maximum Gasteiger partial charge on any atom is 0.282 e. The Bertz CT molecular complexity index is 1250. The van der Waals surface area contributed by atoms with Crippen molar-refractivity contribution in [3.8, 4) is 5.75 Å². The van der Waals surface area contributed by atoms with E-state index in [1.54, 1.807) is 30.5 Å². The largest absolute Gasteiger partial charge is 0.482 e. The summed E-state index contributed by atoms with van der Waals surface area (Å²) in [5, 5.41) is 5.32. The minimum absolute atomic E-state index is 0.190.